The second-order valence-corrected chi connectivity index (χ2v) is 10.6. The number of carbonyl (C=O) groups is 2. The summed E-state index contributed by atoms with van der Waals surface area (Å²) < 4.78 is 25.4. The minimum Gasteiger partial charge on any atom is -0.351 e. The van der Waals surface area contributed by atoms with E-state index in [1.165, 1.54) is 4.90 Å². The maximum Gasteiger partial charge on any atom is 0.247 e. The van der Waals surface area contributed by atoms with Crippen molar-refractivity contribution in [2.24, 2.45) is 0 Å². The van der Waals surface area contributed by atoms with Crippen molar-refractivity contribution in [2.75, 3.05) is 24.2 Å². The first-order chi connectivity index (χ1) is 13.6. The van der Waals surface area contributed by atoms with E-state index in [9.17, 15) is 18.0 Å². The first-order valence-corrected chi connectivity index (χ1v) is 12.2. The maximum absolute atomic E-state index is 13.4. The molecule has 2 amide bonds. The third-order valence-electron chi connectivity index (χ3n) is 5.75. The van der Waals surface area contributed by atoms with Gasteiger partial charge in [-0.1, -0.05) is 43.4 Å². The highest BCUT2D eigenvalue weighted by atomic mass is 35.5. The molecule has 160 valence electrons. The number of nitrogens with one attached hydrogen (secondary N) is 1. The molecule has 1 saturated carbocycles. The second kappa shape index (κ2) is 8.62. The molecule has 3 rings (SSSR count). The minimum atomic E-state index is -3.64. The fraction of sp³-hybridized carbons (Fsp3) is 0.600. The molecule has 2 fully saturated rings. The normalized spacial score (nSPS) is 24.9. The molecule has 1 atom stereocenters. The Kier molecular flexibility index (Phi) is 6.55. The van der Waals surface area contributed by atoms with E-state index in [1.807, 2.05) is 0 Å². The van der Waals surface area contributed by atoms with Crippen LogP contribution in [0, 0.1) is 0 Å². The predicted octanol–water partition coefficient (Wildman–Crippen LogP) is 2.55. The van der Waals surface area contributed by atoms with Gasteiger partial charge in [-0.05, 0) is 38.0 Å². The number of rotatable bonds is 4. The average Bonchev–Trinajstić information content (AvgIpc) is 2.89. The second-order valence-electron chi connectivity index (χ2n) is 8.18. The summed E-state index contributed by atoms with van der Waals surface area (Å²) in [6, 6.07) is 6.75. The van der Waals surface area contributed by atoms with Crippen molar-refractivity contribution >= 4 is 39.1 Å². The topological polar surface area (TPSA) is 86.8 Å². The highest BCUT2D eigenvalue weighted by Gasteiger charge is 2.50. The van der Waals surface area contributed by atoms with Gasteiger partial charge in [0.05, 0.1) is 12.8 Å². The summed E-state index contributed by atoms with van der Waals surface area (Å²) in [6.07, 6.45) is 7.24. The molecular weight excluding hydrogens is 414 g/mol. The zero-order valence-electron chi connectivity index (χ0n) is 16.9. The summed E-state index contributed by atoms with van der Waals surface area (Å²) in [4.78, 5) is 27.9. The van der Waals surface area contributed by atoms with Crippen LogP contribution in [-0.2, 0) is 19.6 Å². The van der Waals surface area contributed by atoms with Crippen LogP contribution in [-0.4, -0.2) is 55.5 Å². The van der Waals surface area contributed by atoms with Crippen molar-refractivity contribution in [3.8, 4) is 0 Å². The minimum absolute atomic E-state index is 0.0340. The molecule has 9 heteroatoms. The molecule has 1 aliphatic carbocycles. The molecule has 2 aliphatic rings. The zero-order valence-corrected chi connectivity index (χ0v) is 18.4. The number of halogens is 1. The van der Waals surface area contributed by atoms with Gasteiger partial charge in [0.25, 0.3) is 0 Å². The standard InChI is InChI=1S/C20H28ClN3O4S/c1-20(19(26)22-16-9-5-3-4-6-10-16)14-23(29(2,27)28)13-18(25)24(20)17-11-7-8-15(21)12-17/h7-8,11-12,16H,3-6,9-10,13-14H2,1-2H3,(H,22,26)/t20-/m0/s1. The maximum atomic E-state index is 13.4. The number of piperazine rings is 1. The van der Waals surface area contributed by atoms with Gasteiger partial charge < -0.3 is 5.32 Å². The molecule has 7 nitrogen and oxygen atoms in total. The molecule has 1 aliphatic heterocycles. The van der Waals surface area contributed by atoms with Crippen molar-refractivity contribution in [3.05, 3.63) is 29.3 Å². The average molecular weight is 442 g/mol. The molecular formula is C20H28ClN3O4S. The Morgan fingerprint density at radius 2 is 1.86 bits per heavy atom. The van der Waals surface area contributed by atoms with Crippen LogP contribution in [0.25, 0.3) is 0 Å². The van der Waals surface area contributed by atoms with E-state index in [4.69, 9.17) is 11.6 Å². The molecule has 1 heterocycles. The molecule has 0 bridgehead atoms. The molecule has 1 N–H and O–H groups in total. The van der Waals surface area contributed by atoms with E-state index in [2.05, 4.69) is 5.32 Å². The number of amides is 2. The lowest BCUT2D eigenvalue weighted by atomic mass is 9.93. The first-order valence-electron chi connectivity index (χ1n) is 9.96. The fourth-order valence-electron chi connectivity index (χ4n) is 4.18. The van der Waals surface area contributed by atoms with E-state index in [0.717, 1.165) is 49.1 Å². The van der Waals surface area contributed by atoms with Crippen molar-refractivity contribution in [3.63, 3.8) is 0 Å². The monoisotopic (exact) mass is 441 g/mol. The van der Waals surface area contributed by atoms with Gasteiger partial charge in [-0.3, -0.25) is 14.5 Å². The van der Waals surface area contributed by atoms with Crippen molar-refractivity contribution in [2.45, 2.75) is 57.0 Å². The summed E-state index contributed by atoms with van der Waals surface area (Å²) in [6.45, 7) is 1.20. The molecule has 1 aromatic carbocycles. The predicted molar refractivity (Wildman–Crippen MR) is 113 cm³/mol. The first kappa shape index (κ1) is 22.1. The SMILES string of the molecule is C[C@@]1(C(=O)NC2CCCCCC2)CN(S(C)(=O)=O)CC(=O)N1c1cccc(Cl)c1. The van der Waals surface area contributed by atoms with Crippen molar-refractivity contribution in [1.82, 2.24) is 9.62 Å². The van der Waals surface area contributed by atoms with Gasteiger partial charge in [0.15, 0.2) is 0 Å². The van der Waals surface area contributed by atoms with Gasteiger partial charge in [-0.2, -0.15) is 4.31 Å². The Bertz CT molecular complexity index is 883. The number of sulfonamides is 1. The summed E-state index contributed by atoms with van der Waals surface area (Å²) in [5, 5.41) is 3.53. The van der Waals surface area contributed by atoms with E-state index in [1.54, 1.807) is 31.2 Å². The van der Waals surface area contributed by atoms with Crippen molar-refractivity contribution in [1.29, 1.82) is 0 Å². The smallest absolute Gasteiger partial charge is 0.247 e. The third kappa shape index (κ3) is 4.92. The van der Waals surface area contributed by atoms with Crippen LogP contribution in [0.4, 0.5) is 5.69 Å². The Labute approximate surface area is 177 Å². The van der Waals surface area contributed by atoms with Crippen LogP contribution in [0.3, 0.4) is 0 Å². The Balaban J connectivity index is 1.96. The van der Waals surface area contributed by atoms with E-state index in [0.29, 0.717) is 10.7 Å². The highest BCUT2D eigenvalue weighted by molar-refractivity contribution is 7.88. The fourth-order valence-corrected chi connectivity index (χ4v) is 5.20. The van der Waals surface area contributed by atoms with Gasteiger partial charge in [0.2, 0.25) is 21.8 Å². The van der Waals surface area contributed by atoms with Gasteiger partial charge >= 0.3 is 0 Å². The summed E-state index contributed by atoms with van der Waals surface area (Å²) in [7, 11) is -3.64. The molecule has 0 spiro atoms. The van der Waals surface area contributed by atoms with Crippen LogP contribution in [0.1, 0.15) is 45.4 Å². The summed E-state index contributed by atoms with van der Waals surface area (Å²) >= 11 is 6.11. The molecule has 0 unspecified atom stereocenters. The quantitative estimate of drug-likeness (QED) is 0.727. The van der Waals surface area contributed by atoms with Crippen LogP contribution in [0.15, 0.2) is 24.3 Å². The largest absolute Gasteiger partial charge is 0.351 e. The van der Waals surface area contributed by atoms with Crippen LogP contribution in [0.2, 0.25) is 5.02 Å². The highest BCUT2D eigenvalue weighted by Crippen LogP contribution is 2.32. The lowest BCUT2D eigenvalue weighted by Crippen LogP contribution is -2.70. The Hall–Kier alpha value is -1.64. The summed E-state index contributed by atoms with van der Waals surface area (Å²) in [5.41, 5.74) is -0.899. The van der Waals surface area contributed by atoms with Gasteiger partial charge in [-0.15, -0.1) is 0 Å². The number of hydrogen-bond donors (Lipinski definition) is 1. The lowest BCUT2D eigenvalue weighted by Gasteiger charge is -2.47. The number of benzene rings is 1. The number of carbonyl (C=O) groups excluding carboxylic acids is 2. The molecule has 0 aromatic heterocycles. The van der Waals surface area contributed by atoms with E-state index >= 15 is 0 Å². The molecule has 29 heavy (non-hydrogen) atoms. The van der Waals surface area contributed by atoms with Gasteiger partial charge in [0, 0.05) is 23.3 Å². The zero-order chi connectivity index (χ0) is 21.2. The van der Waals surface area contributed by atoms with Crippen molar-refractivity contribution < 1.29 is 18.0 Å². The lowest BCUT2D eigenvalue weighted by molar-refractivity contribution is -0.133. The molecule has 0 radical (unpaired) electrons. The molecule has 1 aromatic rings. The van der Waals surface area contributed by atoms with Gasteiger partial charge in [-0.25, -0.2) is 8.42 Å². The Morgan fingerprint density at radius 1 is 1.21 bits per heavy atom. The third-order valence-corrected chi connectivity index (χ3v) is 7.19. The number of nitrogens with zero attached hydrogens (tertiary/aromatic N) is 2. The van der Waals surface area contributed by atoms with E-state index < -0.39 is 21.5 Å². The van der Waals surface area contributed by atoms with Crippen LogP contribution in [0.5, 0.6) is 0 Å². The van der Waals surface area contributed by atoms with Crippen LogP contribution >= 0.6 is 11.6 Å². The number of hydrogen-bond acceptors (Lipinski definition) is 4. The Morgan fingerprint density at radius 3 is 2.45 bits per heavy atom. The molecule has 1 saturated heterocycles. The van der Waals surface area contributed by atoms with Gasteiger partial charge in [0.1, 0.15) is 5.54 Å². The van der Waals surface area contributed by atoms with Crippen LogP contribution < -0.4 is 10.2 Å². The number of anilines is 1. The summed E-state index contributed by atoms with van der Waals surface area (Å²) in [5.74, 6) is -0.798. The van der Waals surface area contributed by atoms with E-state index in [-0.39, 0.29) is 25.0 Å².